The number of carbonyl (C=O) groups is 2. The highest BCUT2D eigenvalue weighted by Gasteiger charge is 2.33. The number of halogens is 1. The first-order valence-corrected chi connectivity index (χ1v) is 14.9. The summed E-state index contributed by atoms with van der Waals surface area (Å²) in [5.41, 5.74) is 1.83. The summed E-state index contributed by atoms with van der Waals surface area (Å²) in [4.78, 5) is 28.2. The minimum atomic E-state index is -4.34. The van der Waals surface area contributed by atoms with E-state index in [4.69, 9.17) is 9.47 Å². The van der Waals surface area contributed by atoms with Crippen molar-refractivity contribution in [2.24, 2.45) is 0 Å². The Labute approximate surface area is 239 Å². The smallest absolute Gasteiger partial charge is 0.264 e. The van der Waals surface area contributed by atoms with Crippen LogP contribution in [0.1, 0.15) is 31.4 Å². The van der Waals surface area contributed by atoms with Gasteiger partial charge in [-0.05, 0) is 67.8 Å². The van der Waals surface area contributed by atoms with Gasteiger partial charge in [-0.2, -0.15) is 0 Å². The largest absolute Gasteiger partial charge is 0.486 e. The summed E-state index contributed by atoms with van der Waals surface area (Å²) >= 11 is 0. The summed E-state index contributed by atoms with van der Waals surface area (Å²) in [6.45, 7) is 5.95. The molecule has 1 aliphatic rings. The highest BCUT2D eigenvalue weighted by molar-refractivity contribution is 7.92. The topological polar surface area (TPSA) is 105 Å². The molecule has 11 heteroatoms. The van der Waals surface area contributed by atoms with Gasteiger partial charge in [0, 0.05) is 19.2 Å². The van der Waals surface area contributed by atoms with Gasteiger partial charge in [-0.3, -0.25) is 13.9 Å². The third kappa shape index (κ3) is 6.97. The third-order valence-electron chi connectivity index (χ3n) is 6.81. The van der Waals surface area contributed by atoms with Crippen LogP contribution in [0, 0.1) is 12.7 Å². The number of rotatable bonds is 11. The van der Waals surface area contributed by atoms with Gasteiger partial charge in [-0.1, -0.05) is 31.2 Å². The highest BCUT2D eigenvalue weighted by Crippen LogP contribution is 2.34. The molecule has 3 aromatic rings. The molecule has 0 radical (unpaired) electrons. The molecule has 41 heavy (non-hydrogen) atoms. The van der Waals surface area contributed by atoms with E-state index in [0.717, 1.165) is 34.0 Å². The Bertz CT molecular complexity index is 1500. The molecular weight excluding hydrogens is 549 g/mol. The van der Waals surface area contributed by atoms with E-state index in [1.807, 2.05) is 38.1 Å². The monoisotopic (exact) mass is 583 g/mol. The first kappa shape index (κ1) is 29.9. The maximum atomic E-state index is 14.0. The van der Waals surface area contributed by atoms with Gasteiger partial charge in [0.25, 0.3) is 10.0 Å². The number of amides is 2. The average Bonchev–Trinajstić information content (AvgIpc) is 2.98. The third-order valence-corrected chi connectivity index (χ3v) is 8.58. The lowest BCUT2D eigenvalue weighted by Crippen LogP contribution is -2.51. The molecule has 4 rings (SSSR count). The number of ether oxygens (including phenoxy) is 2. The van der Waals surface area contributed by atoms with Crippen LogP contribution in [-0.2, 0) is 26.2 Å². The van der Waals surface area contributed by atoms with E-state index in [2.05, 4.69) is 5.32 Å². The molecule has 218 valence electrons. The summed E-state index contributed by atoms with van der Waals surface area (Å²) in [6, 6.07) is 15.6. The predicted octanol–water partition coefficient (Wildman–Crippen LogP) is 4.04. The molecule has 3 aromatic carbocycles. The number of benzene rings is 3. The number of carbonyl (C=O) groups excluding carboxylic acids is 2. The molecule has 1 N–H and O–H groups in total. The van der Waals surface area contributed by atoms with E-state index in [0.29, 0.717) is 18.9 Å². The predicted molar refractivity (Wildman–Crippen MR) is 153 cm³/mol. The average molecular weight is 584 g/mol. The van der Waals surface area contributed by atoms with Crippen LogP contribution in [0.3, 0.4) is 0 Å². The van der Waals surface area contributed by atoms with Gasteiger partial charge in [0.1, 0.15) is 31.6 Å². The van der Waals surface area contributed by atoms with Gasteiger partial charge in [0.15, 0.2) is 11.5 Å². The molecule has 0 saturated heterocycles. The Hall–Kier alpha value is -4.12. The van der Waals surface area contributed by atoms with Crippen molar-refractivity contribution in [3.63, 3.8) is 0 Å². The van der Waals surface area contributed by atoms with Gasteiger partial charge in [-0.15, -0.1) is 0 Å². The van der Waals surface area contributed by atoms with Crippen molar-refractivity contribution in [3.8, 4) is 11.5 Å². The normalized spacial score (nSPS) is 13.3. The van der Waals surface area contributed by atoms with Crippen LogP contribution in [-0.4, -0.2) is 57.5 Å². The van der Waals surface area contributed by atoms with Crippen molar-refractivity contribution in [2.45, 2.75) is 44.7 Å². The Morgan fingerprint density at radius 2 is 1.68 bits per heavy atom. The van der Waals surface area contributed by atoms with Crippen LogP contribution in [0.5, 0.6) is 11.5 Å². The van der Waals surface area contributed by atoms with Crippen LogP contribution in [0.2, 0.25) is 0 Å². The molecule has 1 aliphatic heterocycles. The van der Waals surface area contributed by atoms with Crippen molar-refractivity contribution in [1.29, 1.82) is 0 Å². The second kappa shape index (κ2) is 13.0. The fourth-order valence-corrected chi connectivity index (χ4v) is 5.83. The van der Waals surface area contributed by atoms with E-state index in [1.54, 1.807) is 6.92 Å². The van der Waals surface area contributed by atoms with Crippen molar-refractivity contribution in [2.75, 3.05) is 30.6 Å². The Kier molecular flexibility index (Phi) is 9.49. The van der Waals surface area contributed by atoms with Gasteiger partial charge < -0.3 is 19.7 Å². The van der Waals surface area contributed by atoms with E-state index in [1.165, 1.54) is 35.2 Å². The van der Waals surface area contributed by atoms with Crippen molar-refractivity contribution < 1.29 is 31.9 Å². The summed E-state index contributed by atoms with van der Waals surface area (Å²) in [5.74, 6) is -0.824. The van der Waals surface area contributed by atoms with Crippen molar-refractivity contribution in [3.05, 3.63) is 83.7 Å². The van der Waals surface area contributed by atoms with E-state index in [-0.39, 0.29) is 35.4 Å². The highest BCUT2D eigenvalue weighted by atomic mass is 32.2. The Morgan fingerprint density at radius 3 is 2.37 bits per heavy atom. The first-order valence-electron chi connectivity index (χ1n) is 13.4. The van der Waals surface area contributed by atoms with E-state index < -0.39 is 34.3 Å². The molecule has 0 aromatic heterocycles. The maximum absolute atomic E-state index is 14.0. The van der Waals surface area contributed by atoms with Crippen LogP contribution < -0.4 is 19.1 Å². The van der Waals surface area contributed by atoms with Crippen molar-refractivity contribution in [1.82, 2.24) is 10.2 Å². The number of sulfonamides is 1. The fraction of sp³-hybridized carbons (Fsp3) is 0.333. The summed E-state index contributed by atoms with van der Waals surface area (Å²) in [6.07, 6.45) is 0.719. The molecule has 2 amide bonds. The Morgan fingerprint density at radius 1 is 1.00 bits per heavy atom. The first-order chi connectivity index (χ1) is 19.6. The number of nitrogens with zero attached hydrogens (tertiary/aromatic N) is 2. The van der Waals surface area contributed by atoms with Crippen LogP contribution in [0.15, 0.2) is 71.6 Å². The number of hydrogen-bond donors (Lipinski definition) is 1. The molecule has 9 nitrogen and oxygen atoms in total. The molecule has 1 unspecified atom stereocenters. The lowest BCUT2D eigenvalue weighted by atomic mass is 10.1. The minimum absolute atomic E-state index is 0.0908. The molecule has 1 atom stereocenters. The SMILES string of the molecule is CCCNC(=O)C(C)N(Cc1ccccc1C)C(=O)CN(c1ccc(F)cc1)S(=O)(=O)c1ccc2c(c1)OCCO2. The standard InChI is InChI=1S/C30H34FN3O6S/c1-4-15-32-30(36)22(3)33(19-23-8-6-5-7-21(23)2)29(35)20-34(25-11-9-24(31)10-12-25)41(37,38)26-13-14-27-28(18-26)40-17-16-39-27/h5-14,18,22H,4,15-17,19-20H2,1-3H3,(H,32,36). The maximum Gasteiger partial charge on any atom is 0.264 e. The molecule has 1 heterocycles. The molecular formula is C30H34FN3O6S. The zero-order chi connectivity index (χ0) is 29.6. The molecule has 0 fully saturated rings. The number of hydrogen-bond acceptors (Lipinski definition) is 6. The second-order valence-corrected chi connectivity index (χ2v) is 11.6. The van der Waals surface area contributed by atoms with E-state index >= 15 is 0 Å². The number of aryl methyl sites for hydroxylation is 1. The van der Waals surface area contributed by atoms with Gasteiger partial charge >= 0.3 is 0 Å². The number of anilines is 1. The van der Waals surface area contributed by atoms with Crippen molar-refractivity contribution >= 4 is 27.5 Å². The second-order valence-electron chi connectivity index (χ2n) is 9.71. The van der Waals surface area contributed by atoms with E-state index in [9.17, 15) is 22.4 Å². The summed E-state index contributed by atoms with van der Waals surface area (Å²) in [5, 5.41) is 2.81. The fourth-order valence-electron chi connectivity index (χ4n) is 4.40. The molecule has 0 aliphatic carbocycles. The zero-order valence-electron chi connectivity index (χ0n) is 23.3. The molecule has 0 bridgehead atoms. The summed E-state index contributed by atoms with van der Waals surface area (Å²) in [7, 11) is -4.34. The van der Waals surface area contributed by atoms with Crippen LogP contribution in [0.25, 0.3) is 0 Å². The van der Waals surface area contributed by atoms with Gasteiger partial charge in [-0.25, -0.2) is 12.8 Å². The molecule has 0 spiro atoms. The van der Waals surface area contributed by atoms with Gasteiger partial charge in [0.05, 0.1) is 10.6 Å². The number of fused-ring (bicyclic) bond motifs is 1. The Balaban J connectivity index is 1.72. The van der Waals surface area contributed by atoms with Crippen LogP contribution in [0.4, 0.5) is 10.1 Å². The lowest BCUT2D eigenvalue weighted by Gasteiger charge is -2.32. The van der Waals surface area contributed by atoms with Gasteiger partial charge in [0.2, 0.25) is 11.8 Å². The molecule has 0 saturated carbocycles. The minimum Gasteiger partial charge on any atom is -0.486 e. The lowest BCUT2D eigenvalue weighted by molar-refractivity contribution is -0.139. The number of nitrogens with one attached hydrogen (secondary N) is 1. The van der Waals surface area contributed by atoms with Crippen LogP contribution >= 0.6 is 0 Å². The quantitative estimate of drug-likeness (QED) is 0.365. The summed E-state index contributed by atoms with van der Waals surface area (Å²) < 4.78 is 53.8. The zero-order valence-corrected chi connectivity index (χ0v) is 24.1.